The highest BCUT2D eigenvalue weighted by atomic mass is 35.5. The molecule has 0 spiro atoms. The predicted molar refractivity (Wildman–Crippen MR) is 114 cm³/mol. The van der Waals surface area contributed by atoms with Gasteiger partial charge in [-0.05, 0) is 72.7 Å². The third kappa shape index (κ3) is 7.25. The van der Waals surface area contributed by atoms with Crippen LogP contribution in [0.15, 0.2) is 48.5 Å². The van der Waals surface area contributed by atoms with Crippen molar-refractivity contribution in [1.29, 1.82) is 0 Å². The van der Waals surface area contributed by atoms with Gasteiger partial charge in [-0.3, -0.25) is 10.9 Å². The molecule has 4 N–H and O–H groups in total. The van der Waals surface area contributed by atoms with E-state index in [1.165, 1.54) is 11.1 Å². The van der Waals surface area contributed by atoms with Gasteiger partial charge in [0.1, 0.15) is 0 Å². The van der Waals surface area contributed by atoms with Crippen molar-refractivity contribution in [2.45, 2.75) is 19.8 Å². The number of hydrogen-bond donors (Lipinski definition) is 4. The first-order chi connectivity index (χ1) is 12.1. The molecule has 0 radical (unpaired) electrons. The van der Waals surface area contributed by atoms with Gasteiger partial charge >= 0.3 is 0 Å². The first kappa shape index (κ1) is 19.4. The molecule has 25 heavy (non-hydrogen) atoms. The van der Waals surface area contributed by atoms with E-state index >= 15 is 0 Å². The molecule has 0 aromatic heterocycles. The molecular weight excluding hydrogens is 372 g/mol. The monoisotopic (exact) mass is 392 g/mol. The number of halogens is 1. The number of thiocarbonyl (C=S) groups is 2. The molecule has 2 aromatic rings. The number of rotatable bonds is 5. The standard InChI is InChI=1S/C18H21ClN4S2/c1-2-13-4-3-5-16(12-13)21-18(25)23-22-17(24)20-11-10-14-6-8-15(19)9-7-14/h3-9,12H,2,10-11H2,1H3,(H2,20,22,24)(H2,21,23,25). The number of anilines is 1. The van der Waals surface area contributed by atoms with Gasteiger partial charge in [-0.2, -0.15) is 0 Å². The van der Waals surface area contributed by atoms with Crippen molar-refractivity contribution in [2.24, 2.45) is 0 Å². The van der Waals surface area contributed by atoms with E-state index in [2.05, 4.69) is 40.5 Å². The van der Waals surface area contributed by atoms with Crippen molar-refractivity contribution >= 4 is 51.9 Å². The zero-order valence-electron chi connectivity index (χ0n) is 13.9. The zero-order chi connectivity index (χ0) is 18.1. The van der Waals surface area contributed by atoms with E-state index in [0.717, 1.165) is 23.6 Å². The minimum atomic E-state index is 0.454. The Morgan fingerprint density at radius 3 is 2.40 bits per heavy atom. The van der Waals surface area contributed by atoms with E-state index < -0.39 is 0 Å². The maximum Gasteiger partial charge on any atom is 0.189 e. The molecule has 0 bridgehead atoms. The molecule has 0 aliphatic rings. The SMILES string of the molecule is CCc1cccc(NC(=S)NNC(=S)NCCc2ccc(Cl)cc2)c1. The van der Waals surface area contributed by atoms with Gasteiger partial charge < -0.3 is 10.6 Å². The van der Waals surface area contributed by atoms with Crippen LogP contribution in [-0.4, -0.2) is 16.8 Å². The summed E-state index contributed by atoms with van der Waals surface area (Å²) in [6, 6.07) is 15.9. The minimum absolute atomic E-state index is 0.454. The van der Waals surface area contributed by atoms with E-state index in [-0.39, 0.29) is 0 Å². The smallest absolute Gasteiger partial charge is 0.189 e. The largest absolute Gasteiger partial charge is 0.361 e. The maximum absolute atomic E-state index is 5.87. The van der Waals surface area contributed by atoms with E-state index in [4.69, 9.17) is 36.0 Å². The summed E-state index contributed by atoms with van der Waals surface area (Å²) in [4.78, 5) is 0. The molecule has 0 aliphatic heterocycles. The van der Waals surface area contributed by atoms with Crippen LogP contribution in [0, 0.1) is 0 Å². The molecule has 0 heterocycles. The Bertz CT molecular complexity index is 719. The summed E-state index contributed by atoms with van der Waals surface area (Å²) in [7, 11) is 0. The molecule has 0 saturated carbocycles. The Hall–Kier alpha value is -1.89. The molecule has 0 aliphatic carbocycles. The number of benzene rings is 2. The highest BCUT2D eigenvalue weighted by Gasteiger charge is 2.00. The molecule has 0 unspecified atom stereocenters. The van der Waals surface area contributed by atoms with Crippen molar-refractivity contribution in [3.05, 3.63) is 64.7 Å². The number of nitrogens with one attached hydrogen (secondary N) is 4. The molecule has 0 saturated heterocycles. The van der Waals surface area contributed by atoms with Crippen LogP contribution in [0.4, 0.5) is 5.69 Å². The summed E-state index contributed by atoms with van der Waals surface area (Å²) in [5.41, 5.74) is 9.14. The van der Waals surface area contributed by atoms with Crippen LogP contribution < -0.4 is 21.5 Å². The summed E-state index contributed by atoms with van der Waals surface area (Å²) >= 11 is 16.3. The molecule has 4 nitrogen and oxygen atoms in total. The normalized spacial score (nSPS) is 10.0. The van der Waals surface area contributed by atoms with Crippen molar-refractivity contribution in [3.63, 3.8) is 0 Å². The minimum Gasteiger partial charge on any atom is -0.361 e. The van der Waals surface area contributed by atoms with Gasteiger partial charge in [0.25, 0.3) is 0 Å². The second-order valence-corrected chi connectivity index (χ2v) is 6.64. The summed E-state index contributed by atoms with van der Waals surface area (Å²) in [5, 5.41) is 7.92. The predicted octanol–water partition coefficient (Wildman–Crippen LogP) is 3.81. The molecule has 0 amide bonds. The highest BCUT2D eigenvalue weighted by molar-refractivity contribution is 7.80. The zero-order valence-corrected chi connectivity index (χ0v) is 16.3. The van der Waals surface area contributed by atoms with Crippen molar-refractivity contribution in [1.82, 2.24) is 16.2 Å². The Labute approximate surface area is 164 Å². The number of hydrazine groups is 1. The third-order valence-electron chi connectivity index (χ3n) is 3.50. The van der Waals surface area contributed by atoms with Gasteiger partial charge in [-0.1, -0.05) is 42.8 Å². The number of hydrogen-bond acceptors (Lipinski definition) is 2. The quantitative estimate of drug-likeness (QED) is 0.458. The van der Waals surface area contributed by atoms with Gasteiger partial charge in [0, 0.05) is 17.3 Å². The molecule has 0 atom stereocenters. The molecule has 7 heteroatoms. The Kier molecular flexibility index (Phi) is 7.91. The lowest BCUT2D eigenvalue weighted by molar-refractivity contribution is 0.796. The van der Waals surface area contributed by atoms with Gasteiger partial charge in [0.2, 0.25) is 0 Å². The van der Waals surface area contributed by atoms with Crippen LogP contribution in [-0.2, 0) is 12.8 Å². The van der Waals surface area contributed by atoms with E-state index in [9.17, 15) is 0 Å². The van der Waals surface area contributed by atoms with Gasteiger partial charge in [-0.25, -0.2) is 0 Å². The fraction of sp³-hybridized carbons (Fsp3) is 0.222. The van der Waals surface area contributed by atoms with Gasteiger partial charge in [0.05, 0.1) is 0 Å². The lowest BCUT2D eigenvalue weighted by Crippen LogP contribution is -2.48. The first-order valence-electron chi connectivity index (χ1n) is 8.01. The Balaban J connectivity index is 1.66. The van der Waals surface area contributed by atoms with E-state index in [0.29, 0.717) is 16.8 Å². The first-order valence-corrected chi connectivity index (χ1v) is 9.20. The maximum atomic E-state index is 5.87. The van der Waals surface area contributed by atoms with Crippen LogP contribution in [0.3, 0.4) is 0 Å². The van der Waals surface area contributed by atoms with Crippen LogP contribution >= 0.6 is 36.0 Å². The summed E-state index contributed by atoms with van der Waals surface area (Å²) in [6.45, 7) is 2.83. The topological polar surface area (TPSA) is 48.1 Å². The van der Waals surface area contributed by atoms with Crippen LogP contribution in [0.1, 0.15) is 18.1 Å². The molecular formula is C18H21ClN4S2. The average molecular weight is 393 g/mol. The Morgan fingerprint density at radius 2 is 1.68 bits per heavy atom. The fourth-order valence-corrected chi connectivity index (χ4v) is 2.61. The van der Waals surface area contributed by atoms with Crippen LogP contribution in [0.5, 0.6) is 0 Å². The summed E-state index contributed by atoms with van der Waals surface area (Å²) in [6.07, 6.45) is 1.83. The third-order valence-corrected chi connectivity index (χ3v) is 4.20. The molecule has 132 valence electrons. The van der Waals surface area contributed by atoms with Crippen molar-refractivity contribution in [3.8, 4) is 0 Å². The molecule has 2 rings (SSSR count). The molecule has 0 fully saturated rings. The number of aryl methyl sites for hydroxylation is 1. The fourth-order valence-electron chi connectivity index (χ4n) is 2.16. The highest BCUT2D eigenvalue weighted by Crippen LogP contribution is 2.11. The van der Waals surface area contributed by atoms with E-state index in [1.807, 2.05) is 36.4 Å². The lowest BCUT2D eigenvalue weighted by Gasteiger charge is -2.14. The van der Waals surface area contributed by atoms with Crippen molar-refractivity contribution in [2.75, 3.05) is 11.9 Å². The Morgan fingerprint density at radius 1 is 0.960 bits per heavy atom. The summed E-state index contributed by atoms with van der Waals surface area (Å²) in [5.74, 6) is 0. The average Bonchev–Trinajstić information content (AvgIpc) is 2.62. The summed E-state index contributed by atoms with van der Waals surface area (Å²) < 4.78 is 0. The van der Waals surface area contributed by atoms with Crippen LogP contribution in [0.2, 0.25) is 5.02 Å². The lowest BCUT2D eigenvalue weighted by atomic mass is 10.1. The van der Waals surface area contributed by atoms with Crippen molar-refractivity contribution < 1.29 is 0 Å². The van der Waals surface area contributed by atoms with Gasteiger partial charge in [0.15, 0.2) is 10.2 Å². The molecule has 2 aromatic carbocycles. The van der Waals surface area contributed by atoms with Crippen LogP contribution in [0.25, 0.3) is 0 Å². The van der Waals surface area contributed by atoms with Gasteiger partial charge in [-0.15, -0.1) is 0 Å². The second-order valence-electron chi connectivity index (χ2n) is 5.39. The second kappa shape index (κ2) is 10.2. The van der Waals surface area contributed by atoms with E-state index in [1.54, 1.807) is 0 Å².